The van der Waals surface area contributed by atoms with E-state index in [1.165, 1.54) is 17.2 Å². The first-order chi connectivity index (χ1) is 13.0. The van der Waals surface area contributed by atoms with Gasteiger partial charge in [-0.1, -0.05) is 23.8 Å². The van der Waals surface area contributed by atoms with Crippen LogP contribution in [0.5, 0.6) is 0 Å². The summed E-state index contributed by atoms with van der Waals surface area (Å²) in [6, 6.07) is 7.89. The fourth-order valence-corrected chi connectivity index (χ4v) is 4.71. The molecule has 2 bridgehead atoms. The van der Waals surface area contributed by atoms with Crippen molar-refractivity contribution in [2.75, 3.05) is 10.2 Å². The van der Waals surface area contributed by atoms with Crippen LogP contribution in [0.2, 0.25) is 5.02 Å². The lowest BCUT2D eigenvalue weighted by Gasteiger charge is -2.18. The second-order valence-electron chi connectivity index (χ2n) is 7.11. The second kappa shape index (κ2) is 5.82. The molecule has 27 heavy (non-hydrogen) atoms. The van der Waals surface area contributed by atoms with Crippen LogP contribution in [-0.2, 0) is 9.59 Å². The Hall–Kier alpha value is -2.86. The number of benzene rings is 1. The highest BCUT2D eigenvalue weighted by molar-refractivity contribution is 6.34. The largest absolute Gasteiger partial charge is 0.459 e. The molecule has 3 aliphatic rings. The molecule has 1 saturated heterocycles. The fraction of sp³-hybridized carbons (Fsp3) is 0.250. The number of nitrogens with one attached hydrogen (secondary N) is 1. The van der Waals surface area contributed by atoms with Crippen LogP contribution in [0, 0.1) is 23.7 Å². The van der Waals surface area contributed by atoms with Gasteiger partial charge in [0.1, 0.15) is 0 Å². The summed E-state index contributed by atoms with van der Waals surface area (Å²) in [5.41, 5.74) is 0.808. The van der Waals surface area contributed by atoms with Gasteiger partial charge in [-0.2, -0.15) is 0 Å². The quantitative estimate of drug-likeness (QED) is 0.651. The maximum absolute atomic E-state index is 12.9. The standard InChI is InChI=1S/C20H15ClN2O4/c21-13-9-12(5-6-14(13)22-18(24)15-2-1-7-27-15)23-19(25)16-10-3-4-11(8-10)17(16)20(23)26/h1-7,9-11,16-17H,8H2,(H,22,24)/t10-,11-,16-,17+/m0/s1. The van der Waals surface area contributed by atoms with Gasteiger partial charge in [-0.15, -0.1) is 0 Å². The molecule has 7 heteroatoms. The molecule has 1 aromatic heterocycles. The lowest BCUT2D eigenvalue weighted by atomic mass is 9.85. The Labute approximate surface area is 159 Å². The van der Waals surface area contributed by atoms with Gasteiger partial charge in [0.25, 0.3) is 5.91 Å². The van der Waals surface area contributed by atoms with Crippen molar-refractivity contribution in [3.8, 4) is 0 Å². The molecule has 1 N–H and O–H groups in total. The Morgan fingerprint density at radius 2 is 1.81 bits per heavy atom. The molecule has 0 spiro atoms. The number of fused-ring (bicyclic) bond motifs is 5. The lowest BCUT2D eigenvalue weighted by Crippen LogP contribution is -2.32. The number of imide groups is 1. The van der Waals surface area contributed by atoms with E-state index in [0.717, 1.165) is 6.42 Å². The molecule has 4 atom stereocenters. The van der Waals surface area contributed by atoms with Crippen LogP contribution in [0.4, 0.5) is 11.4 Å². The predicted octanol–water partition coefficient (Wildman–Crippen LogP) is 3.50. The predicted molar refractivity (Wildman–Crippen MR) is 98.3 cm³/mol. The van der Waals surface area contributed by atoms with Crippen molar-refractivity contribution in [2.45, 2.75) is 6.42 Å². The third-order valence-electron chi connectivity index (χ3n) is 5.67. The topological polar surface area (TPSA) is 79.6 Å². The molecule has 0 radical (unpaired) electrons. The van der Waals surface area contributed by atoms with Crippen molar-refractivity contribution in [1.82, 2.24) is 0 Å². The molecule has 6 nitrogen and oxygen atoms in total. The van der Waals surface area contributed by atoms with Crippen molar-refractivity contribution in [3.05, 3.63) is 59.5 Å². The molecule has 136 valence electrons. The fourth-order valence-electron chi connectivity index (χ4n) is 4.49. The summed E-state index contributed by atoms with van der Waals surface area (Å²) in [6.07, 6.45) is 6.41. The highest BCUT2D eigenvalue weighted by atomic mass is 35.5. The van der Waals surface area contributed by atoms with E-state index in [9.17, 15) is 14.4 Å². The van der Waals surface area contributed by atoms with Gasteiger partial charge in [-0.3, -0.25) is 14.4 Å². The average Bonchev–Trinajstić information content (AvgIpc) is 3.42. The van der Waals surface area contributed by atoms with Crippen molar-refractivity contribution < 1.29 is 18.8 Å². The number of anilines is 2. The molecule has 1 aliphatic heterocycles. The van der Waals surface area contributed by atoms with Crippen LogP contribution in [0.15, 0.2) is 53.2 Å². The number of carbonyl (C=O) groups excluding carboxylic acids is 3. The average molecular weight is 383 g/mol. The maximum atomic E-state index is 12.9. The van der Waals surface area contributed by atoms with Crippen molar-refractivity contribution in [3.63, 3.8) is 0 Å². The minimum Gasteiger partial charge on any atom is -0.459 e. The lowest BCUT2D eigenvalue weighted by molar-refractivity contribution is -0.123. The zero-order valence-corrected chi connectivity index (χ0v) is 14.8. The molecule has 2 heterocycles. The smallest absolute Gasteiger partial charge is 0.291 e. The zero-order chi connectivity index (χ0) is 18.7. The summed E-state index contributed by atoms with van der Waals surface area (Å²) in [4.78, 5) is 39.1. The molecule has 3 amide bonds. The van der Waals surface area contributed by atoms with Crippen LogP contribution in [0.3, 0.4) is 0 Å². The number of carbonyl (C=O) groups is 3. The molecule has 2 aliphatic carbocycles. The number of hydrogen-bond acceptors (Lipinski definition) is 4. The van der Waals surface area contributed by atoms with Gasteiger partial charge < -0.3 is 9.73 Å². The van der Waals surface area contributed by atoms with E-state index in [0.29, 0.717) is 11.4 Å². The number of hydrogen-bond donors (Lipinski definition) is 1. The van der Waals surface area contributed by atoms with E-state index in [1.54, 1.807) is 24.3 Å². The molecular formula is C20H15ClN2O4. The van der Waals surface area contributed by atoms with Crippen LogP contribution in [-0.4, -0.2) is 17.7 Å². The van der Waals surface area contributed by atoms with E-state index in [1.807, 2.05) is 0 Å². The highest BCUT2D eigenvalue weighted by Crippen LogP contribution is 2.53. The minimum absolute atomic E-state index is 0.156. The molecule has 0 unspecified atom stereocenters. The van der Waals surface area contributed by atoms with Crippen LogP contribution in [0.1, 0.15) is 17.0 Å². The summed E-state index contributed by atoms with van der Waals surface area (Å²) in [5, 5.41) is 2.90. The van der Waals surface area contributed by atoms with E-state index in [2.05, 4.69) is 17.5 Å². The minimum atomic E-state index is -0.430. The first-order valence-corrected chi connectivity index (χ1v) is 9.13. The Morgan fingerprint density at radius 1 is 1.11 bits per heavy atom. The number of allylic oxidation sites excluding steroid dienone is 2. The first-order valence-electron chi connectivity index (χ1n) is 8.75. The summed E-state index contributed by atoms with van der Waals surface area (Å²) in [6.45, 7) is 0. The number of nitrogens with zero attached hydrogens (tertiary/aromatic N) is 1. The Morgan fingerprint density at radius 3 is 2.41 bits per heavy atom. The Balaban J connectivity index is 1.40. The van der Waals surface area contributed by atoms with Gasteiger partial charge in [-0.05, 0) is 48.6 Å². The monoisotopic (exact) mass is 382 g/mol. The van der Waals surface area contributed by atoms with E-state index in [-0.39, 0.29) is 46.3 Å². The van der Waals surface area contributed by atoms with Gasteiger partial charge in [0.05, 0.1) is 34.5 Å². The van der Waals surface area contributed by atoms with Gasteiger partial charge in [0.2, 0.25) is 11.8 Å². The summed E-state index contributed by atoms with van der Waals surface area (Å²) >= 11 is 6.29. The number of rotatable bonds is 3. The zero-order valence-electron chi connectivity index (χ0n) is 14.1. The maximum Gasteiger partial charge on any atom is 0.291 e. The van der Waals surface area contributed by atoms with Crippen LogP contribution >= 0.6 is 11.6 Å². The van der Waals surface area contributed by atoms with Gasteiger partial charge in [-0.25, -0.2) is 4.90 Å². The summed E-state index contributed by atoms with van der Waals surface area (Å²) in [5.74, 6) is -0.798. The van der Waals surface area contributed by atoms with E-state index >= 15 is 0 Å². The molecule has 5 rings (SSSR count). The Kier molecular flexibility index (Phi) is 3.52. The van der Waals surface area contributed by atoms with Crippen molar-refractivity contribution >= 4 is 40.7 Å². The molecule has 1 saturated carbocycles. The van der Waals surface area contributed by atoms with Crippen LogP contribution < -0.4 is 10.2 Å². The van der Waals surface area contributed by atoms with Gasteiger partial charge in [0, 0.05) is 0 Å². The van der Waals surface area contributed by atoms with Crippen LogP contribution in [0.25, 0.3) is 0 Å². The van der Waals surface area contributed by atoms with Gasteiger partial charge >= 0.3 is 0 Å². The second-order valence-corrected chi connectivity index (χ2v) is 7.51. The SMILES string of the molecule is O=C(Nc1ccc(N2C(=O)[C@@H]3[C@H](C2=O)[C@H]2C=C[C@H]3C2)cc1Cl)c1ccco1. The summed E-state index contributed by atoms with van der Waals surface area (Å²) in [7, 11) is 0. The normalized spacial score (nSPS) is 28.1. The van der Waals surface area contributed by atoms with E-state index < -0.39 is 5.91 Å². The van der Waals surface area contributed by atoms with Crippen molar-refractivity contribution in [2.24, 2.45) is 23.7 Å². The highest BCUT2D eigenvalue weighted by Gasteiger charge is 2.59. The van der Waals surface area contributed by atoms with Gasteiger partial charge in [0.15, 0.2) is 5.76 Å². The molecule has 2 fully saturated rings. The number of amides is 3. The molecule has 2 aromatic rings. The number of halogens is 1. The summed E-state index contributed by atoms with van der Waals surface area (Å²) < 4.78 is 5.05. The van der Waals surface area contributed by atoms with Crippen molar-refractivity contribution in [1.29, 1.82) is 0 Å². The first kappa shape index (κ1) is 16.3. The third-order valence-corrected chi connectivity index (χ3v) is 5.99. The molecular weight excluding hydrogens is 368 g/mol. The van der Waals surface area contributed by atoms with E-state index in [4.69, 9.17) is 16.0 Å². The number of furan rings is 1. The third kappa shape index (κ3) is 2.36. The Bertz CT molecular complexity index is 967. The molecule has 1 aromatic carbocycles.